The molecule has 2 unspecified atom stereocenters. The minimum absolute atomic E-state index is 0.125. The summed E-state index contributed by atoms with van der Waals surface area (Å²) in [4.78, 5) is 33.5. The second-order valence-corrected chi connectivity index (χ2v) is 10.3. The fourth-order valence-corrected chi connectivity index (χ4v) is 5.69. The molecular formula is C30H34N6O7. The van der Waals surface area contributed by atoms with Gasteiger partial charge in [0, 0.05) is 50.1 Å². The molecule has 1 saturated heterocycles. The van der Waals surface area contributed by atoms with Crippen molar-refractivity contribution in [2.75, 3.05) is 51.3 Å². The van der Waals surface area contributed by atoms with Crippen LogP contribution in [0.3, 0.4) is 0 Å². The van der Waals surface area contributed by atoms with Crippen LogP contribution >= 0.6 is 0 Å². The molecule has 0 spiro atoms. The Bertz CT molecular complexity index is 1500. The van der Waals surface area contributed by atoms with Gasteiger partial charge in [0.15, 0.2) is 0 Å². The van der Waals surface area contributed by atoms with E-state index < -0.39 is 22.9 Å². The maximum absolute atomic E-state index is 12.9. The van der Waals surface area contributed by atoms with E-state index in [4.69, 9.17) is 18.6 Å². The molecule has 43 heavy (non-hydrogen) atoms. The van der Waals surface area contributed by atoms with Crippen LogP contribution in [0.2, 0.25) is 0 Å². The first-order chi connectivity index (χ1) is 20.9. The van der Waals surface area contributed by atoms with E-state index >= 15 is 0 Å². The molecule has 2 aromatic carbocycles. The SMILES string of the molecule is COc1ccccc1N1CCN(CCCOC(=O)OC2=C(C)N=C(C)C(c3nnco3)C2c2ccccc2[N+](=O)[O-])CC1. The topological polar surface area (TPSA) is 146 Å². The number of anilines is 1. The number of hydrogen-bond donors (Lipinski definition) is 0. The summed E-state index contributed by atoms with van der Waals surface area (Å²) in [6.45, 7) is 7.85. The third-order valence-electron chi connectivity index (χ3n) is 7.71. The van der Waals surface area contributed by atoms with Crippen molar-refractivity contribution in [3.05, 3.63) is 87.9 Å². The quantitative estimate of drug-likeness (QED) is 0.137. The predicted octanol–water partition coefficient (Wildman–Crippen LogP) is 4.93. The van der Waals surface area contributed by atoms with Gasteiger partial charge in [0.05, 0.1) is 41.9 Å². The van der Waals surface area contributed by atoms with Gasteiger partial charge >= 0.3 is 6.16 Å². The van der Waals surface area contributed by atoms with E-state index in [9.17, 15) is 14.9 Å². The fourth-order valence-electron chi connectivity index (χ4n) is 5.69. The number of nitro groups is 1. The number of para-hydroxylation sites is 3. The Balaban J connectivity index is 1.21. The lowest BCUT2D eigenvalue weighted by Gasteiger charge is -2.36. The summed E-state index contributed by atoms with van der Waals surface area (Å²) in [7, 11) is 1.68. The zero-order valence-corrected chi connectivity index (χ0v) is 24.3. The third-order valence-corrected chi connectivity index (χ3v) is 7.71. The van der Waals surface area contributed by atoms with E-state index in [1.54, 1.807) is 39.2 Å². The van der Waals surface area contributed by atoms with Crippen molar-refractivity contribution >= 4 is 23.2 Å². The van der Waals surface area contributed by atoms with Crippen molar-refractivity contribution in [2.24, 2.45) is 4.99 Å². The molecule has 0 N–H and O–H groups in total. The number of nitro benzene ring substituents is 1. The maximum Gasteiger partial charge on any atom is 0.513 e. The average molecular weight is 591 g/mol. The average Bonchev–Trinajstić information content (AvgIpc) is 3.55. The molecule has 0 amide bonds. The molecule has 0 radical (unpaired) electrons. The van der Waals surface area contributed by atoms with Crippen LogP contribution in [0.1, 0.15) is 43.6 Å². The van der Waals surface area contributed by atoms with Gasteiger partial charge < -0.3 is 23.5 Å². The number of ether oxygens (including phenoxy) is 3. The molecule has 1 aromatic heterocycles. The van der Waals surface area contributed by atoms with Crippen molar-refractivity contribution in [1.82, 2.24) is 15.1 Å². The summed E-state index contributed by atoms with van der Waals surface area (Å²) >= 11 is 0. The molecule has 1 fully saturated rings. The van der Waals surface area contributed by atoms with Gasteiger partial charge in [0.1, 0.15) is 11.5 Å². The lowest BCUT2D eigenvalue weighted by molar-refractivity contribution is -0.385. The minimum Gasteiger partial charge on any atom is -0.495 e. The fraction of sp³-hybridized carbons (Fsp3) is 0.400. The third kappa shape index (κ3) is 6.67. The van der Waals surface area contributed by atoms with Crippen LogP contribution in [0.4, 0.5) is 16.2 Å². The van der Waals surface area contributed by atoms with E-state index in [0.29, 0.717) is 23.4 Å². The Kier molecular flexibility index (Phi) is 9.30. The molecular weight excluding hydrogens is 556 g/mol. The number of piperazine rings is 1. The van der Waals surface area contributed by atoms with Crippen LogP contribution in [-0.4, -0.2) is 78.3 Å². The summed E-state index contributed by atoms with van der Waals surface area (Å²) in [5.41, 5.74) is 2.29. The van der Waals surface area contributed by atoms with Gasteiger partial charge in [-0.2, -0.15) is 0 Å². The van der Waals surface area contributed by atoms with Gasteiger partial charge in [-0.3, -0.25) is 20.0 Å². The molecule has 0 bridgehead atoms. The molecule has 5 rings (SSSR count). The highest BCUT2D eigenvalue weighted by molar-refractivity contribution is 5.92. The van der Waals surface area contributed by atoms with E-state index in [0.717, 1.165) is 44.2 Å². The number of rotatable bonds is 10. The first-order valence-electron chi connectivity index (χ1n) is 14.1. The molecule has 0 aliphatic carbocycles. The summed E-state index contributed by atoms with van der Waals surface area (Å²) in [5.74, 6) is -0.284. The number of carbonyl (C=O) groups excluding carboxylic acids is 1. The molecule has 2 aliphatic heterocycles. The molecule has 2 aliphatic rings. The number of nitrogens with zero attached hydrogens (tertiary/aromatic N) is 6. The Labute approximate surface area is 248 Å². The number of allylic oxidation sites excluding steroid dienone is 2. The van der Waals surface area contributed by atoms with E-state index in [-0.39, 0.29) is 23.9 Å². The Morgan fingerprint density at radius 2 is 1.81 bits per heavy atom. The molecule has 3 heterocycles. The Morgan fingerprint density at radius 1 is 1.07 bits per heavy atom. The number of aliphatic imine (C=N–C) groups is 1. The number of carbonyl (C=O) groups is 1. The molecule has 0 saturated carbocycles. The Morgan fingerprint density at radius 3 is 2.53 bits per heavy atom. The number of benzene rings is 2. The van der Waals surface area contributed by atoms with Crippen molar-refractivity contribution in [3.8, 4) is 5.75 Å². The Hall–Kier alpha value is -4.78. The van der Waals surface area contributed by atoms with Crippen molar-refractivity contribution in [2.45, 2.75) is 32.1 Å². The number of methoxy groups -OCH3 is 1. The van der Waals surface area contributed by atoms with E-state index in [1.807, 2.05) is 18.2 Å². The van der Waals surface area contributed by atoms with Crippen molar-refractivity contribution in [1.29, 1.82) is 0 Å². The van der Waals surface area contributed by atoms with Gasteiger partial charge in [-0.25, -0.2) is 4.79 Å². The molecule has 13 nitrogen and oxygen atoms in total. The van der Waals surface area contributed by atoms with Gasteiger partial charge in [0.25, 0.3) is 5.69 Å². The smallest absolute Gasteiger partial charge is 0.495 e. The molecule has 2 atom stereocenters. The van der Waals surface area contributed by atoms with Crippen LogP contribution in [0, 0.1) is 10.1 Å². The van der Waals surface area contributed by atoms with Crippen LogP contribution in [0.5, 0.6) is 5.75 Å². The second-order valence-electron chi connectivity index (χ2n) is 10.3. The van der Waals surface area contributed by atoms with Gasteiger partial charge in [-0.15, -0.1) is 10.2 Å². The van der Waals surface area contributed by atoms with Crippen LogP contribution in [0.15, 0.2) is 75.8 Å². The van der Waals surface area contributed by atoms with E-state index in [2.05, 4.69) is 31.1 Å². The monoisotopic (exact) mass is 590 g/mol. The first-order valence-corrected chi connectivity index (χ1v) is 14.1. The van der Waals surface area contributed by atoms with Gasteiger partial charge in [0.2, 0.25) is 12.3 Å². The van der Waals surface area contributed by atoms with Crippen molar-refractivity contribution in [3.63, 3.8) is 0 Å². The first kappa shape index (κ1) is 29.7. The number of aromatic nitrogens is 2. The highest BCUT2D eigenvalue weighted by atomic mass is 16.7. The van der Waals surface area contributed by atoms with Gasteiger partial charge in [-0.05, 0) is 32.4 Å². The summed E-state index contributed by atoms with van der Waals surface area (Å²) in [6.07, 6.45) is 0.896. The number of hydrogen-bond acceptors (Lipinski definition) is 12. The minimum atomic E-state index is -0.905. The second kappa shape index (κ2) is 13.5. The lowest BCUT2D eigenvalue weighted by atomic mass is 9.78. The zero-order valence-electron chi connectivity index (χ0n) is 24.3. The summed E-state index contributed by atoms with van der Waals surface area (Å²) < 4.78 is 22.1. The van der Waals surface area contributed by atoms with Crippen LogP contribution < -0.4 is 9.64 Å². The zero-order chi connectivity index (χ0) is 30.3. The molecule has 226 valence electrons. The molecule has 13 heteroatoms. The lowest BCUT2D eigenvalue weighted by Crippen LogP contribution is -2.46. The largest absolute Gasteiger partial charge is 0.513 e. The standard InChI is InChI=1S/C30H34N6O7/c1-20-26(29-33-31-19-42-29)27(22-9-4-5-10-23(22)36(38)39)28(21(2)32-20)43-30(37)41-18-8-13-34-14-16-35(17-15-34)24-11-6-7-12-25(24)40-3/h4-7,9-12,19,26-27H,8,13-18H2,1-3H3. The highest BCUT2D eigenvalue weighted by Crippen LogP contribution is 2.46. The van der Waals surface area contributed by atoms with Crippen molar-refractivity contribution < 1.29 is 28.3 Å². The van der Waals surface area contributed by atoms with Gasteiger partial charge in [-0.1, -0.05) is 30.3 Å². The maximum atomic E-state index is 12.9. The highest BCUT2D eigenvalue weighted by Gasteiger charge is 2.43. The van der Waals surface area contributed by atoms with Crippen LogP contribution in [-0.2, 0) is 9.47 Å². The van der Waals surface area contributed by atoms with E-state index in [1.165, 1.54) is 12.5 Å². The predicted molar refractivity (Wildman–Crippen MR) is 157 cm³/mol. The summed E-state index contributed by atoms with van der Waals surface area (Å²) in [5, 5.41) is 19.7. The van der Waals surface area contributed by atoms with Crippen LogP contribution in [0.25, 0.3) is 0 Å². The summed E-state index contributed by atoms with van der Waals surface area (Å²) in [6, 6.07) is 14.3. The normalized spacial score (nSPS) is 19.1. The molecule has 3 aromatic rings.